The van der Waals surface area contributed by atoms with Crippen LogP contribution in [0, 0.1) is 20.8 Å². The number of rotatable bonds is 4. The van der Waals surface area contributed by atoms with Crippen LogP contribution in [-0.2, 0) is 4.79 Å². The van der Waals surface area contributed by atoms with E-state index in [1.165, 1.54) is 0 Å². The molecule has 0 N–H and O–H groups in total. The summed E-state index contributed by atoms with van der Waals surface area (Å²) in [6.07, 6.45) is 0. The molecule has 0 heterocycles. The molecule has 0 aliphatic heterocycles. The summed E-state index contributed by atoms with van der Waals surface area (Å²) in [7, 11) is 0. The van der Waals surface area contributed by atoms with E-state index in [2.05, 4.69) is 0 Å². The number of carbonyl (C=O) groups is 1. The first-order valence-electron chi connectivity index (χ1n) is 6.62. The first-order chi connectivity index (χ1) is 9.95. The largest absolute Gasteiger partial charge is 0.482 e. The van der Waals surface area contributed by atoms with Crippen LogP contribution in [0.3, 0.4) is 0 Å². The average molecular weight is 305 g/mol. The van der Waals surface area contributed by atoms with Crippen LogP contribution < -0.4 is 9.47 Å². The van der Waals surface area contributed by atoms with Crippen molar-refractivity contribution >= 4 is 17.6 Å². The molecule has 0 bridgehead atoms. The fraction of sp³-hybridized carbons (Fsp3) is 0.235. The van der Waals surface area contributed by atoms with Gasteiger partial charge in [0.15, 0.2) is 6.61 Å². The Morgan fingerprint density at radius 2 is 1.81 bits per heavy atom. The van der Waals surface area contributed by atoms with Gasteiger partial charge in [0.05, 0.1) is 0 Å². The predicted molar refractivity (Wildman–Crippen MR) is 83.2 cm³/mol. The minimum Gasteiger partial charge on any atom is -0.482 e. The standard InChI is InChI=1S/C17H17ClO3/c1-11-4-5-12(2)16(8-11)20-10-17(19)21-14-6-7-15(18)13(3)9-14/h4-9H,10H2,1-3H3. The zero-order chi connectivity index (χ0) is 15.4. The molecule has 0 radical (unpaired) electrons. The van der Waals surface area contributed by atoms with E-state index in [0.29, 0.717) is 16.5 Å². The highest BCUT2D eigenvalue weighted by molar-refractivity contribution is 6.31. The summed E-state index contributed by atoms with van der Waals surface area (Å²) in [4.78, 5) is 11.8. The fourth-order valence-corrected chi connectivity index (χ4v) is 1.96. The molecular formula is C17H17ClO3. The highest BCUT2D eigenvalue weighted by atomic mass is 35.5. The zero-order valence-corrected chi connectivity index (χ0v) is 13.0. The smallest absolute Gasteiger partial charge is 0.349 e. The summed E-state index contributed by atoms with van der Waals surface area (Å²) in [5, 5.41) is 0.640. The monoisotopic (exact) mass is 304 g/mol. The Morgan fingerprint density at radius 3 is 2.52 bits per heavy atom. The van der Waals surface area contributed by atoms with E-state index in [1.807, 2.05) is 39.0 Å². The van der Waals surface area contributed by atoms with Gasteiger partial charge in [0.25, 0.3) is 0 Å². The molecule has 4 heteroatoms. The van der Waals surface area contributed by atoms with Crippen molar-refractivity contribution < 1.29 is 14.3 Å². The van der Waals surface area contributed by atoms with Gasteiger partial charge in [-0.3, -0.25) is 0 Å². The lowest BCUT2D eigenvalue weighted by Gasteiger charge is -2.10. The molecule has 0 aliphatic carbocycles. The number of halogens is 1. The van der Waals surface area contributed by atoms with E-state index in [-0.39, 0.29) is 6.61 Å². The fourth-order valence-electron chi connectivity index (χ4n) is 1.84. The van der Waals surface area contributed by atoms with Gasteiger partial charge < -0.3 is 9.47 Å². The lowest BCUT2D eigenvalue weighted by atomic mass is 10.1. The highest BCUT2D eigenvalue weighted by Gasteiger charge is 2.08. The van der Waals surface area contributed by atoms with Gasteiger partial charge in [-0.1, -0.05) is 23.7 Å². The van der Waals surface area contributed by atoms with E-state index in [4.69, 9.17) is 21.1 Å². The Labute approximate surface area is 129 Å². The number of aryl methyl sites for hydroxylation is 3. The summed E-state index contributed by atoms with van der Waals surface area (Å²) in [6, 6.07) is 10.9. The predicted octanol–water partition coefficient (Wildman–Crippen LogP) is 4.25. The highest BCUT2D eigenvalue weighted by Crippen LogP contribution is 2.22. The molecule has 0 saturated carbocycles. The molecule has 3 nitrogen and oxygen atoms in total. The Kier molecular flexibility index (Phi) is 4.86. The van der Waals surface area contributed by atoms with Crippen molar-refractivity contribution in [2.75, 3.05) is 6.61 Å². The SMILES string of the molecule is Cc1ccc(C)c(OCC(=O)Oc2ccc(Cl)c(C)c2)c1. The summed E-state index contributed by atoms with van der Waals surface area (Å²) < 4.78 is 10.7. The molecule has 0 aliphatic rings. The molecule has 0 aromatic heterocycles. The summed E-state index contributed by atoms with van der Waals surface area (Å²) in [5.41, 5.74) is 2.92. The summed E-state index contributed by atoms with van der Waals surface area (Å²) in [5.74, 6) is 0.711. The molecule has 2 aromatic carbocycles. The van der Waals surface area contributed by atoms with Crippen molar-refractivity contribution in [3.05, 3.63) is 58.1 Å². The van der Waals surface area contributed by atoms with Crippen LogP contribution in [0.4, 0.5) is 0 Å². The Bertz CT molecular complexity index is 665. The Balaban J connectivity index is 1.95. The second kappa shape index (κ2) is 6.64. The molecule has 2 aromatic rings. The van der Waals surface area contributed by atoms with Crippen LogP contribution in [-0.4, -0.2) is 12.6 Å². The maximum absolute atomic E-state index is 11.8. The second-order valence-corrected chi connectivity index (χ2v) is 5.35. The number of hydrogen-bond acceptors (Lipinski definition) is 3. The number of carbonyl (C=O) groups excluding carboxylic acids is 1. The third-order valence-corrected chi connectivity index (χ3v) is 3.47. The number of benzene rings is 2. The number of esters is 1. The molecular weight excluding hydrogens is 288 g/mol. The average Bonchev–Trinajstić information content (AvgIpc) is 2.44. The van der Waals surface area contributed by atoms with E-state index in [1.54, 1.807) is 18.2 Å². The molecule has 0 spiro atoms. The van der Waals surface area contributed by atoms with Gasteiger partial charge in [-0.15, -0.1) is 0 Å². The zero-order valence-electron chi connectivity index (χ0n) is 12.3. The molecule has 0 amide bonds. The van der Waals surface area contributed by atoms with Crippen molar-refractivity contribution in [3.8, 4) is 11.5 Å². The van der Waals surface area contributed by atoms with Crippen molar-refractivity contribution in [3.63, 3.8) is 0 Å². The molecule has 0 atom stereocenters. The Hall–Kier alpha value is -2.00. The summed E-state index contributed by atoms with van der Waals surface area (Å²) in [6.45, 7) is 5.63. The lowest BCUT2D eigenvalue weighted by Crippen LogP contribution is -2.18. The number of hydrogen-bond donors (Lipinski definition) is 0. The quantitative estimate of drug-likeness (QED) is 0.626. The van der Waals surface area contributed by atoms with Crippen LogP contribution in [0.1, 0.15) is 16.7 Å². The summed E-state index contributed by atoms with van der Waals surface area (Å²) >= 11 is 5.93. The minimum atomic E-state index is -0.447. The first-order valence-corrected chi connectivity index (χ1v) is 7.00. The van der Waals surface area contributed by atoms with E-state index in [9.17, 15) is 4.79 Å². The van der Waals surface area contributed by atoms with Crippen LogP contribution in [0.2, 0.25) is 5.02 Å². The van der Waals surface area contributed by atoms with Crippen LogP contribution in [0.25, 0.3) is 0 Å². The van der Waals surface area contributed by atoms with Crippen molar-refractivity contribution in [1.29, 1.82) is 0 Å². The maximum atomic E-state index is 11.8. The maximum Gasteiger partial charge on any atom is 0.349 e. The van der Waals surface area contributed by atoms with Crippen LogP contribution in [0.15, 0.2) is 36.4 Å². The minimum absolute atomic E-state index is 0.133. The van der Waals surface area contributed by atoms with Crippen LogP contribution in [0.5, 0.6) is 11.5 Å². The van der Waals surface area contributed by atoms with Crippen molar-refractivity contribution in [2.24, 2.45) is 0 Å². The van der Waals surface area contributed by atoms with Gasteiger partial charge >= 0.3 is 5.97 Å². The van der Waals surface area contributed by atoms with E-state index in [0.717, 1.165) is 16.7 Å². The van der Waals surface area contributed by atoms with E-state index < -0.39 is 5.97 Å². The molecule has 2 rings (SSSR count). The molecule has 0 unspecified atom stereocenters. The van der Waals surface area contributed by atoms with Gasteiger partial charge in [0.2, 0.25) is 0 Å². The van der Waals surface area contributed by atoms with Gasteiger partial charge in [0.1, 0.15) is 11.5 Å². The molecule has 0 fully saturated rings. The van der Waals surface area contributed by atoms with E-state index >= 15 is 0 Å². The molecule has 0 saturated heterocycles. The topological polar surface area (TPSA) is 35.5 Å². The first kappa shape index (κ1) is 15.4. The third-order valence-electron chi connectivity index (χ3n) is 3.05. The van der Waals surface area contributed by atoms with Crippen molar-refractivity contribution in [1.82, 2.24) is 0 Å². The molecule has 21 heavy (non-hydrogen) atoms. The van der Waals surface area contributed by atoms with Gasteiger partial charge in [-0.05, 0) is 61.7 Å². The Morgan fingerprint density at radius 1 is 1.05 bits per heavy atom. The normalized spacial score (nSPS) is 10.3. The van der Waals surface area contributed by atoms with Crippen LogP contribution >= 0.6 is 11.6 Å². The number of ether oxygens (including phenoxy) is 2. The lowest BCUT2D eigenvalue weighted by molar-refractivity contribution is -0.136. The van der Waals surface area contributed by atoms with Gasteiger partial charge in [-0.2, -0.15) is 0 Å². The van der Waals surface area contributed by atoms with Gasteiger partial charge in [-0.25, -0.2) is 4.79 Å². The molecule has 110 valence electrons. The van der Waals surface area contributed by atoms with Crippen molar-refractivity contribution in [2.45, 2.75) is 20.8 Å². The van der Waals surface area contributed by atoms with Gasteiger partial charge in [0, 0.05) is 5.02 Å². The third kappa shape index (κ3) is 4.23. The second-order valence-electron chi connectivity index (χ2n) is 4.94.